The summed E-state index contributed by atoms with van der Waals surface area (Å²) in [5.41, 5.74) is 2.07. The van der Waals surface area contributed by atoms with Gasteiger partial charge in [-0.2, -0.15) is 0 Å². The number of amides is 2. The van der Waals surface area contributed by atoms with E-state index in [0.717, 1.165) is 28.1 Å². The summed E-state index contributed by atoms with van der Waals surface area (Å²) in [7, 11) is 0. The zero-order valence-corrected chi connectivity index (χ0v) is 18.4. The van der Waals surface area contributed by atoms with Crippen LogP contribution in [-0.2, 0) is 4.79 Å². The van der Waals surface area contributed by atoms with Gasteiger partial charge in [-0.15, -0.1) is 11.3 Å². The Morgan fingerprint density at radius 2 is 1.84 bits per heavy atom. The van der Waals surface area contributed by atoms with Crippen LogP contribution < -0.4 is 5.32 Å². The van der Waals surface area contributed by atoms with E-state index >= 15 is 0 Å². The molecule has 3 aromatic rings. The molecule has 0 aliphatic carbocycles. The molecular weight excluding hydrogens is 430 g/mol. The standard InChI is InChI=1S/C23H24ClN3O2S.CH4/c1-2-18(25-21(28)22-26-19-5-3-4-6-20(19)30-22)23(29)27-13-11-16(12-14-27)15-7-9-17(24)10-8-15;/h3-10,16,18H,2,11-14H2,1H3,(H,25,28);1H4/t18-;/m1./s1. The average molecular weight is 458 g/mol. The van der Waals surface area contributed by atoms with Gasteiger partial charge in [0, 0.05) is 18.1 Å². The SMILES string of the molecule is C.CC[C@@H](NC(=O)c1nc2ccccc2s1)C(=O)N1CCC(c2ccc(Cl)cc2)CC1. The van der Waals surface area contributed by atoms with Crippen molar-refractivity contribution in [2.45, 2.75) is 45.6 Å². The summed E-state index contributed by atoms with van der Waals surface area (Å²) in [5.74, 6) is 0.137. The number of rotatable bonds is 5. The van der Waals surface area contributed by atoms with Crippen molar-refractivity contribution in [2.75, 3.05) is 13.1 Å². The molecule has 0 bridgehead atoms. The first-order valence-corrected chi connectivity index (χ1v) is 11.4. The maximum atomic E-state index is 13.0. The van der Waals surface area contributed by atoms with Crippen molar-refractivity contribution in [1.29, 1.82) is 0 Å². The summed E-state index contributed by atoms with van der Waals surface area (Å²) in [4.78, 5) is 32.0. The molecule has 1 aliphatic heterocycles. The molecule has 5 nitrogen and oxygen atoms in total. The number of piperidine rings is 1. The number of likely N-dealkylation sites (tertiary alicyclic amines) is 1. The molecule has 1 saturated heterocycles. The molecule has 0 spiro atoms. The smallest absolute Gasteiger partial charge is 0.280 e. The van der Waals surface area contributed by atoms with Crippen LogP contribution in [0.25, 0.3) is 10.2 Å². The molecule has 7 heteroatoms. The largest absolute Gasteiger partial charge is 0.341 e. The third kappa shape index (κ3) is 5.25. The Kier molecular flexibility index (Phi) is 7.68. The Hall–Kier alpha value is -2.44. The van der Waals surface area contributed by atoms with Crippen LogP contribution in [0, 0.1) is 0 Å². The highest BCUT2D eigenvalue weighted by Gasteiger charge is 2.29. The van der Waals surface area contributed by atoms with E-state index in [1.54, 1.807) is 0 Å². The lowest BCUT2D eigenvalue weighted by Gasteiger charge is -2.34. The summed E-state index contributed by atoms with van der Waals surface area (Å²) in [6, 6.07) is 15.1. The van der Waals surface area contributed by atoms with E-state index in [2.05, 4.69) is 22.4 Å². The molecule has 0 saturated carbocycles. The van der Waals surface area contributed by atoms with E-state index in [0.29, 0.717) is 30.4 Å². The average Bonchev–Trinajstić information content (AvgIpc) is 3.22. The van der Waals surface area contributed by atoms with Crippen molar-refractivity contribution in [3.05, 3.63) is 64.1 Å². The molecular formula is C24H28ClN3O2S. The first kappa shape index (κ1) is 23.2. The number of halogens is 1. The van der Waals surface area contributed by atoms with Crippen LogP contribution in [-0.4, -0.2) is 40.8 Å². The molecule has 0 radical (unpaired) electrons. The summed E-state index contributed by atoms with van der Waals surface area (Å²) >= 11 is 7.33. The highest BCUT2D eigenvalue weighted by atomic mass is 35.5. The summed E-state index contributed by atoms with van der Waals surface area (Å²) in [5, 5.41) is 4.02. The number of hydrogen-bond acceptors (Lipinski definition) is 4. The second-order valence-electron chi connectivity index (χ2n) is 7.57. The van der Waals surface area contributed by atoms with Crippen molar-refractivity contribution >= 4 is 45.0 Å². The third-order valence-corrected chi connectivity index (χ3v) is 6.93. The first-order valence-electron chi connectivity index (χ1n) is 10.3. The van der Waals surface area contributed by atoms with E-state index in [-0.39, 0.29) is 19.2 Å². The summed E-state index contributed by atoms with van der Waals surface area (Å²) < 4.78 is 0.964. The number of nitrogens with one attached hydrogen (secondary N) is 1. The van der Waals surface area contributed by atoms with E-state index in [1.165, 1.54) is 16.9 Å². The lowest BCUT2D eigenvalue weighted by molar-refractivity contribution is -0.134. The van der Waals surface area contributed by atoms with Gasteiger partial charge in [-0.05, 0) is 55.0 Å². The fraction of sp³-hybridized carbons (Fsp3) is 0.375. The lowest BCUT2D eigenvalue weighted by atomic mass is 9.89. The molecule has 1 N–H and O–H groups in total. The van der Waals surface area contributed by atoms with E-state index < -0.39 is 6.04 Å². The van der Waals surface area contributed by atoms with Gasteiger partial charge in [-0.1, -0.05) is 50.2 Å². The van der Waals surface area contributed by atoms with Gasteiger partial charge in [-0.25, -0.2) is 4.98 Å². The highest BCUT2D eigenvalue weighted by Crippen LogP contribution is 2.29. The quantitative estimate of drug-likeness (QED) is 0.550. The zero-order valence-electron chi connectivity index (χ0n) is 16.8. The van der Waals surface area contributed by atoms with Gasteiger partial charge in [0.2, 0.25) is 5.91 Å². The van der Waals surface area contributed by atoms with Gasteiger partial charge in [0.15, 0.2) is 5.01 Å². The Morgan fingerprint density at radius 3 is 2.48 bits per heavy atom. The van der Waals surface area contributed by atoms with Crippen LogP contribution in [0.4, 0.5) is 0 Å². The molecule has 2 amide bonds. The van der Waals surface area contributed by atoms with E-state index in [4.69, 9.17) is 11.6 Å². The minimum absolute atomic E-state index is 0. The van der Waals surface area contributed by atoms with Crippen molar-refractivity contribution in [1.82, 2.24) is 15.2 Å². The maximum absolute atomic E-state index is 13.0. The van der Waals surface area contributed by atoms with Crippen LogP contribution in [0.3, 0.4) is 0 Å². The van der Waals surface area contributed by atoms with Crippen molar-refractivity contribution in [2.24, 2.45) is 0 Å². The number of benzene rings is 2. The Morgan fingerprint density at radius 1 is 1.16 bits per heavy atom. The topological polar surface area (TPSA) is 62.3 Å². The van der Waals surface area contributed by atoms with Crippen LogP contribution >= 0.6 is 22.9 Å². The molecule has 1 fully saturated rings. The predicted octanol–water partition coefficient (Wildman–Crippen LogP) is 5.50. The minimum atomic E-state index is -0.531. The maximum Gasteiger partial charge on any atom is 0.280 e. The number of carbonyl (C=O) groups is 2. The van der Waals surface area contributed by atoms with Gasteiger partial charge in [0.1, 0.15) is 6.04 Å². The molecule has 4 rings (SSSR count). The molecule has 2 aromatic carbocycles. The number of nitrogens with zero attached hydrogens (tertiary/aromatic N) is 2. The van der Waals surface area contributed by atoms with E-state index in [9.17, 15) is 9.59 Å². The van der Waals surface area contributed by atoms with Crippen LogP contribution in [0.5, 0.6) is 0 Å². The normalized spacial score (nSPS) is 15.4. The van der Waals surface area contributed by atoms with Crippen LogP contribution in [0.1, 0.15) is 54.9 Å². The van der Waals surface area contributed by atoms with Gasteiger partial charge < -0.3 is 10.2 Å². The Bertz CT molecular complexity index is 1010. The van der Waals surface area contributed by atoms with Gasteiger partial charge >= 0.3 is 0 Å². The van der Waals surface area contributed by atoms with Gasteiger partial charge in [0.25, 0.3) is 5.91 Å². The van der Waals surface area contributed by atoms with Gasteiger partial charge in [0.05, 0.1) is 10.2 Å². The monoisotopic (exact) mass is 457 g/mol. The van der Waals surface area contributed by atoms with Crippen molar-refractivity contribution in [3.63, 3.8) is 0 Å². The first-order chi connectivity index (χ1) is 14.5. The molecule has 164 valence electrons. The molecule has 1 aliphatic rings. The molecule has 0 unspecified atom stereocenters. The number of aromatic nitrogens is 1. The number of fused-ring (bicyclic) bond motifs is 1. The molecule has 31 heavy (non-hydrogen) atoms. The number of carbonyl (C=O) groups excluding carboxylic acids is 2. The van der Waals surface area contributed by atoms with Crippen LogP contribution in [0.2, 0.25) is 5.02 Å². The fourth-order valence-corrected chi connectivity index (χ4v) is 4.91. The van der Waals surface area contributed by atoms with E-state index in [1.807, 2.05) is 48.2 Å². The number of para-hydroxylation sites is 1. The van der Waals surface area contributed by atoms with Gasteiger partial charge in [-0.3, -0.25) is 9.59 Å². The minimum Gasteiger partial charge on any atom is -0.341 e. The number of thiazole rings is 1. The predicted molar refractivity (Wildman–Crippen MR) is 128 cm³/mol. The summed E-state index contributed by atoms with van der Waals surface area (Å²) in [6.45, 7) is 3.31. The van der Waals surface area contributed by atoms with Crippen LogP contribution in [0.15, 0.2) is 48.5 Å². The zero-order chi connectivity index (χ0) is 21.1. The number of hydrogen-bond donors (Lipinski definition) is 1. The fourth-order valence-electron chi connectivity index (χ4n) is 3.92. The van der Waals surface area contributed by atoms with Crippen molar-refractivity contribution in [3.8, 4) is 0 Å². The Balaban J connectivity index is 0.00000272. The Labute approximate surface area is 192 Å². The molecule has 2 heterocycles. The summed E-state index contributed by atoms with van der Waals surface area (Å²) in [6.07, 6.45) is 2.37. The third-order valence-electron chi connectivity index (χ3n) is 5.65. The second-order valence-corrected chi connectivity index (χ2v) is 9.04. The second kappa shape index (κ2) is 10.2. The van der Waals surface area contributed by atoms with Crippen molar-refractivity contribution < 1.29 is 9.59 Å². The molecule has 1 atom stereocenters. The highest BCUT2D eigenvalue weighted by molar-refractivity contribution is 7.20. The molecule has 1 aromatic heterocycles. The lowest BCUT2D eigenvalue weighted by Crippen LogP contribution is -2.50.